The van der Waals surface area contributed by atoms with Gasteiger partial charge in [-0.05, 0) is 56.3 Å². The monoisotopic (exact) mass is 303 g/mol. The first-order valence-electron chi connectivity index (χ1n) is 8.54. The molecule has 3 aliphatic rings. The van der Waals surface area contributed by atoms with Gasteiger partial charge in [-0.3, -0.25) is 0 Å². The maximum Gasteiger partial charge on any atom is 0.131 e. The second-order valence-corrected chi connectivity index (χ2v) is 7.48. The van der Waals surface area contributed by atoms with Gasteiger partial charge in [-0.1, -0.05) is 0 Å². The van der Waals surface area contributed by atoms with Crippen LogP contribution in [0.1, 0.15) is 37.2 Å². The molecule has 0 spiro atoms. The van der Waals surface area contributed by atoms with Gasteiger partial charge in [0.05, 0.1) is 12.2 Å². The minimum atomic E-state index is -0.539. The van der Waals surface area contributed by atoms with Gasteiger partial charge in [0.1, 0.15) is 11.6 Å². The lowest BCUT2D eigenvalue weighted by molar-refractivity contribution is -0.0317. The maximum absolute atomic E-state index is 10.0. The number of nitrogens with one attached hydrogen (secondary N) is 1. The van der Waals surface area contributed by atoms with Gasteiger partial charge in [-0.25, -0.2) is 9.97 Å². The molecule has 5 heteroatoms. The molecule has 3 fully saturated rings. The van der Waals surface area contributed by atoms with Crippen LogP contribution in [0.3, 0.4) is 0 Å². The molecule has 0 radical (unpaired) electrons. The highest BCUT2D eigenvalue weighted by Crippen LogP contribution is 2.48. The maximum atomic E-state index is 10.0. The van der Waals surface area contributed by atoms with E-state index < -0.39 is 12.2 Å². The zero-order valence-electron chi connectivity index (χ0n) is 13.1. The van der Waals surface area contributed by atoms with Crippen LogP contribution in [-0.4, -0.2) is 38.9 Å². The number of fused-ring (bicyclic) bond motifs is 2. The van der Waals surface area contributed by atoms with E-state index in [9.17, 15) is 10.2 Å². The van der Waals surface area contributed by atoms with Gasteiger partial charge in [0, 0.05) is 24.7 Å². The van der Waals surface area contributed by atoms with Crippen LogP contribution in [-0.2, 0) is 6.42 Å². The van der Waals surface area contributed by atoms with Crippen LogP contribution < -0.4 is 5.32 Å². The van der Waals surface area contributed by atoms with E-state index in [0.29, 0.717) is 5.92 Å². The Morgan fingerprint density at radius 3 is 2.68 bits per heavy atom. The molecule has 3 aliphatic carbocycles. The molecule has 0 aromatic carbocycles. The average molecular weight is 303 g/mol. The third-order valence-electron chi connectivity index (χ3n) is 5.67. The standard InChI is InChI=1S/C17H25N3O2/c1-9-4-14(20-15(19-9)5-10-2-3-10)18-8-12-6-11-7-13(12)17(22)16(11)21/h4,10-13,16-17,21-22H,2-3,5-8H2,1H3,(H,18,19,20)/t11-,12-,13-,16+,17-/m0/s1. The largest absolute Gasteiger partial charge is 0.390 e. The zero-order valence-corrected chi connectivity index (χ0v) is 13.1. The number of hydrogen-bond acceptors (Lipinski definition) is 5. The number of nitrogens with zero attached hydrogens (tertiary/aromatic N) is 2. The van der Waals surface area contributed by atoms with E-state index >= 15 is 0 Å². The number of hydrogen-bond donors (Lipinski definition) is 3. The molecule has 3 N–H and O–H groups in total. The lowest BCUT2D eigenvalue weighted by atomic mass is 9.85. The smallest absolute Gasteiger partial charge is 0.131 e. The van der Waals surface area contributed by atoms with Gasteiger partial charge in [-0.2, -0.15) is 0 Å². The van der Waals surface area contributed by atoms with E-state index in [4.69, 9.17) is 0 Å². The van der Waals surface area contributed by atoms with Gasteiger partial charge < -0.3 is 15.5 Å². The third-order valence-corrected chi connectivity index (χ3v) is 5.67. The lowest BCUT2D eigenvalue weighted by Gasteiger charge is -2.30. The van der Waals surface area contributed by atoms with Crippen LogP contribution in [0.15, 0.2) is 6.07 Å². The number of aromatic nitrogens is 2. The summed E-state index contributed by atoms with van der Waals surface area (Å²) in [5, 5.41) is 23.3. The van der Waals surface area contributed by atoms with E-state index in [2.05, 4.69) is 15.3 Å². The Balaban J connectivity index is 1.38. The van der Waals surface area contributed by atoms with Gasteiger partial charge >= 0.3 is 0 Å². The highest BCUT2D eigenvalue weighted by Gasteiger charge is 2.51. The molecule has 120 valence electrons. The van der Waals surface area contributed by atoms with Crippen molar-refractivity contribution in [3.8, 4) is 0 Å². The van der Waals surface area contributed by atoms with Crippen molar-refractivity contribution in [2.45, 2.75) is 51.2 Å². The van der Waals surface area contributed by atoms with Crippen molar-refractivity contribution in [3.63, 3.8) is 0 Å². The van der Waals surface area contributed by atoms with Crippen molar-refractivity contribution >= 4 is 5.82 Å². The minimum absolute atomic E-state index is 0.237. The molecule has 0 saturated heterocycles. The summed E-state index contributed by atoms with van der Waals surface area (Å²) >= 11 is 0. The Bertz CT molecular complexity index is 559. The fourth-order valence-corrected chi connectivity index (χ4v) is 4.29. The normalized spacial score (nSPS) is 36.8. The molecule has 1 aromatic rings. The molecular formula is C17H25N3O2. The SMILES string of the molecule is Cc1cc(NC[C@@H]2C[C@H]3C[C@@H]2[C@H](O)[C@@H]3O)nc(CC2CC2)n1. The molecule has 5 atom stereocenters. The van der Waals surface area contributed by atoms with Crippen LogP contribution in [0.2, 0.25) is 0 Å². The van der Waals surface area contributed by atoms with E-state index in [-0.39, 0.29) is 11.8 Å². The predicted molar refractivity (Wildman–Crippen MR) is 83.4 cm³/mol. The molecule has 2 bridgehead atoms. The van der Waals surface area contributed by atoms with Gasteiger partial charge in [0.2, 0.25) is 0 Å². The van der Waals surface area contributed by atoms with Crippen molar-refractivity contribution in [3.05, 3.63) is 17.6 Å². The number of aliphatic hydroxyl groups excluding tert-OH is 2. The quantitative estimate of drug-likeness (QED) is 0.769. The molecule has 22 heavy (non-hydrogen) atoms. The second kappa shape index (κ2) is 5.46. The fourth-order valence-electron chi connectivity index (χ4n) is 4.29. The lowest BCUT2D eigenvalue weighted by Crippen LogP contribution is -2.38. The fraction of sp³-hybridized carbons (Fsp3) is 0.765. The van der Waals surface area contributed by atoms with Gasteiger partial charge in [-0.15, -0.1) is 0 Å². The summed E-state index contributed by atoms with van der Waals surface area (Å²) in [6.45, 7) is 2.84. The Morgan fingerprint density at radius 2 is 2.00 bits per heavy atom. The predicted octanol–water partition coefficient (Wildman–Crippen LogP) is 1.53. The summed E-state index contributed by atoms with van der Waals surface area (Å²) in [4.78, 5) is 9.17. The number of anilines is 1. The summed E-state index contributed by atoms with van der Waals surface area (Å²) in [7, 11) is 0. The van der Waals surface area contributed by atoms with Crippen LogP contribution in [0, 0.1) is 30.6 Å². The average Bonchev–Trinajstić information content (AvgIpc) is 3.12. The first kappa shape index (κ1) is 14.4. The van der Waals surface area contributed by atoms with Crippen molar-refractivity contribution in [2.24, 2.45) is 23.7 Å². The Kier molecular flexibility index (Phi) is 3.57. The van der Waals surface area contributed by atoms with Crippen molar-refractivity contribution in [1.82, 2.24) is 9.97 Å². The van der Waals surface area contributed by atoms with Crippen LogP contribution in [0.25, 0.3) is 0 Å². The van der Waals surface area contributed by atoms with E-state index in [1.807, 2.05) is 13.0 Å². The molecule has 0 amide bonds. The number of rotatable bonds is 5. The Morgan fingerprint density at radius 1 is 1.18 bits per heavy atom. The van der Waals surface area contributed by atoms with Crippen LogP contribution >= 0.6 is 0 Å². The third kappa shape index (κ3) is 2.72. The molecule has 0 unspecified atom stereocenters. The van der Waals surface area contributed by atoms with Crippen molar-refractivity contribution in [2.75, 3.05) is 11.9 Å². The van der Waals surface area contributed by atoms with Gasteiger partial charge in [0.15, 0.2) is 0 Å². The van der Waals surface area contributed by atoms with Crippen LogP contribution in [0.4, 0.5) is 5.82 Å². The van der Waals surface area contributed by atoms with Gasteiger partial charge in [0.25, 0.3) is 0 Å². The van der Waals surface area contributed by atoms with Crippen LogP contribution in [0.5, 0.6) is 0 Å². The first-order chi connectivity index (χ1) is 10.6. The molecule has 3 saturated carbocycles. The zero-order chi connectivity index (χ0) is 15.3. The summed E-state index contributed by atoms with van der Waals surface area (Å²) in [5.74, 6) is 3.60. The highest BCUT2D eigenvalue weighted by molar-refractivity contribution is 5.36. The Hall–Kier alpha value is -1.20. The molecule has 4 rings (SSSR count). The topological polar surface area (TPSA) is 78.3 Å². The van der Waals surface area contributed by atoms with E-state index in [1.54, 1.807) is 0 Å². The summed E-state index contributed by atoms with van der Waals surface area (Å²) < 4.78 is 0. The number of aliphatic hydroxyl groups is 2. The molecule has 1 aromatic heterocycles. The Labute approximate surface area is 131 Å². The molecule has 1 heterocycles. The highest BCUT2D eigenvalue weighted by atomic mass is 16.3. The molecule has 5 nitrogen and oxygen atoms in total. The molecule has 0 aliphatic heterocycles. The summed E-state index contributed by atoms with van der Waals surface area (Å²) in [6.07, 6.45) is 4.54. The molecular weight excluding hydrogens is 278 g/mol. The van der Waals surface area contributed by atoms with Crippen molar-refractivity contribution in [1.29, 1.82) is 0 Å². The number of aryl methyl sites for hydroxylation is 1. The second-order valence-electron chi connectivity index (χ2n) is 7.48. The van der Waals surface area contributed by atoms with Crippen molar-refractivity contribution < 1.29 is 10.2 Å². The van der Waals surface area contributed by atoms with E-state index in [0.717, 1.165) is 49.1 Å². The van der Waals surface area contributed by atoms with E-state index in [1.165, 1.54) is 12.8 Å². The minimum Gasteiger partial charge on any atom is -0.390 e. The summed E-state index contributed by atoms with van der Waals surface area (Å²) in [6, 6.07) is 1.99. The summed E-state index contributed by atoms with van der Waals surface area (Å²) in [5.41, 5.74) is 1.01. The first-order valence-corrected chi connectivity index (χ1v) is 8.54.